The molecule has 5 nitrogen and oxygen atoms in total. The maximum Gasteiger partial charge on any atom is 0.229 e. The first-order valence-electron chi connectivity index (χ1n) is 8.09. The first-order chi connectivity index (χ1) is 11.5. The SMILES string of the molecule is CC(=O)N1CC(C(=O)N2CCc3sc(-c4csc(C)n4)cc3C2)C1. The van der Waals surface area contributed by atoms with Gasteiger partial charge in [-0.3, -0.25) is 9.59 Å². The fourth-order valence-electron chi connectivity index (χ4n) is 3.27. The fourth-order valence-corrected chi connectivity index (χ4v) is 5.09. The van der Waals surface area contributed by atoms with E-state index in [-0.39, 0.29) is 17.7 Å². The van der Waals surface area contributed by atoms with Gasteiger partial charge in [0.15, 0.2) is 0 Å². The van der Waals surface area contributed by atoms with Crippen LogP contribution in [0.4, 0.5) is 0 Å². The number of hydrogen-bond donors (Lipinski definition) is 0. The third-order valence-corrected chi connectivity index (χ3v) is 6.76. The largest absolute Gasteiger partial charge is 0.341 e. The van der Waals surface area contributed by atoms with Crippen LogP contribution in [-0.4, -0.2) is 46.2 Å². The molecular formula is C17H19N3O2S2. The number of thiophene rings is 1. The lowest BCUT2D eigenvalue weighted by Gasteiger charge is -2.40. The van der Waals surface area contributed by atoms with Crippen molar-refractivity contribution in [1.82, 2.24) is 14.8 Å². The van der Waals surface area contributed by atoms with Gasteiger partial charge in [-0.05, 0) is 25.0 Å². The van der Waals surface area contributed by atoms with Crippen molar-refractivity contribution in [1.29, 1.82) is 0 Å². The van der Waals surface area contributed by atoms with E-state index in [4.69, 9.17) is 0 Å². The van der Waals surface area contributed by atoms with Crippen molar-refractivity contribution in [3.8, 4) is 10.6 Å². The van der Waals surface area contributed by atoms with E-state index in [1.54, 1.807) is 34.5 Å². The van der Waals surface area contributed by atoms with E-state index in [9.17, 15) is 9.59 Å². The standard InChI is InChI=1S/C17H19N3O2S2/c1-10-18-14(9-23-10)16-5-12-6-19(4-3-15(12)24-16)17(22)13-7-20(8-13)11(2)21/h5,9,13H,3-4,6-8H2,1-2H3. The van der Waals surface area contributed by atoms with Crippen molar-refractivity contribution in [2.45, 2.75) is 26.8 Å². The van der Waals surface area contributed by atoms with Gasteiger partial charge in [-0.2, -0.15) is 0 Å². The smallest absolute Gasteiger partial charge is 0.229 e. The van der Waals surface area contributed by atoms with Crippen LogP contribution in [0.5, 0.6) is 0 Å². The van der Waals surface area contributed by atoms with Crippen LogP contribution in [0, 0.1) is 12.8 Å². The second-order valence-electron chi connectivity index (χ2n) is 6.44. The van der Waals surface area contributed by atoms with Crippen LogP contribution in [0.25, 0.3) is 10.6 Å². The topological polar surface area (TPSA) is 53.5 Å². The minimum Gasteiger partial charge on any atom is -0.341 e. The van der Waals surface area contributed by atoms with Crippen molar-refractivity contribution in [2.75, 3.05) is 19.6 Å². The minimum atomic E-state index is -0.0188. The first-order valence-corrected chi connectivity index (χ1v) is 9.79. The number of aryl methyl sites for hydroxylation is 1. The average molecular weight is 361 g/mol. The van der Waals surface area contributed by atoms with Crippen LogP contribution in [0.2, 0.25) is 0 Å². The number of rotatable bonds is 2. The lowest BCUT2D eigenvalue weighted by atomic mass is 9.97. The van der Waals surface area contributed by atoms with Crippen LogP contribution in [0.1, 0.15) is 22.4 Å². The molecule has 24 heavy (non-hydrogen) atoms. The van der Waals surface area contributed by atoms with Gasteiger partial charge in [-0.25, -0.2) is 4.98 Å². The van der Waals surface area contributed by atoms with Crippen molar-refractivity contribution >= 4 is 34.5 Å². The second-order valence-corrected chi connectivity index (χ2v) is 8.64. The van der Waals surface area contributed by atoms with E-state index >= 15 is 0 Å². The zero-order chi connectivity index (χ0) is 16.8. The quantitative estimate of drug-likeness (QED) is 0.826. The van der Waals surface area contributed by atoms with Crippen LogP contribution >= 0.6 is 22.7 Å². The highest BCUT2D eigenvalue weighted by Gasteiger charge is 2.37. The molecule has 126 valence electrons. The summed E-state index contributed by atoms with van der Waals surface area (Å²) in [6, 6.07) is 2.19. The van der Waals surface area contributed by atoms with Crippen molar-refractivity contribution in [3.63, 3.8) is 0 Å². The Morgan fingerprint density at radius 2 is 2.08 bits per heavy atom. The number of amides is 2. The van der Waals surface area contributed by atoms with Gasteiger partial charge >= 0.3 is 0 Å². The van der Waals surface area contributed by atoms with E-state index in [2.05, 4.69) is 16.4 Å². The Bertz CT molecular complexity index is 805. The summed E-state index contributed by atoms with van der Waals surface area (Å²) in [7, 11) is 0. The normalized spacial score (nSPS) is 17.6. The van der Waals surface area contributed by atoms with Crippen molar-refractivity contribution in [3.05, 3.63) is 26.9 Å². The molecule has 2 aliphatic rings. The Kier molecular flexibility index (Phi) is 3.92. The van der Waals surface area contributed by atoms with Crippen molar-refractivity contribution in [2.24, 2.45) is 5.92 Å². The van der Waals surface area contributed by atoms with Gasteiger partial charge in [0, 0.05) is 43.4 Å². The molecule has 7 heteroatoms. The predicted octanol–water partition coefficient (Wildman–Crippen LogP) is 2.54. The molecule has 0 bridgehead atoms. The van der Waals surface area contributed by atoms with E-state index < -0.39 is 0 Å². The second kappa shape index (κ2) is 5.97. The summed E-state index contributed by atoms with van der Waals surface area (Å²) in [4.78, 5) is 34.7. The van der Waals surface area contributed by atoms with E-state index in [0.717, 1.165) is 23.7 Å². The molecule has 0 aliphatic carbocycles. The molecule has 1 saturated heterocycles. The number of carbonyl (C=O) groups excluding carboxylic acids is 2. The summed E-state index contributed by atoms with van der Waals surface area (Å²) in [5.74, 6) is 0.228. The molecule has 4 heterocycles. The fraction of sp³-hybridized carbons (Fsp3) is 0.471. The molecule has 0 radical (unpaired) electrons. The molecule has 0 N–H and O–H groups in total. The third kappa shape index (κ3) is 2.75. The highest BCUT2D eigenvalue weighted by atomic mass is 32.1. The highest BCUT2D eigenvalue weighted by molar-refractivity contribution is 7.16. The molecule has 2 amide bonds. The zero-order valence-corrected chi connectivity index (χ0v) is 15.4. The monoisotopic (exact) mass is 361 g/mol. The van der Waals surface area contributed by atoms with Crippen molar-refractivity contribution < 1.29 is 9.59 Å². The van der Waals surface area contributed by atoms with Gasteiger partial charge < -0.3 is 9.80 Å². The molecule has 4 rings (SSSR count). The van der Waals surface area contributed by atoms with E-state index in [1.165, 1.54) is 15.3 Å². The molecule has 0 saturated carbocycles. The minimum absolute atomic E-state index is 0.0188. The van der Waals surface area contributed by atoms with E-state index in [1.807, 2.05) is 11.8 Å². The Morgan fingerprint density at radius 3 is 2.75 bits per heavy atom. The Labute approximate surface area is 148 Å². The molecule has 0 atom stereocenters. The summed E-state index contributed by atoms with van der Waals surface area (Å²) < 4.78 is 0. The average Bonchev–Trinajstić information content (AvgIpc) is 3.09. The number of hydrogen-bond acceptors (Lipinski definition) is 5. The zero-order valence-electron chi connectivity index (χ0n) is 13.7. The number of fused-ring (bicyclic) bond motifs is 1. The number of likely N-dealkylation sites (tertiary alicyclic amines) is 1. The summed E-state index contributed by atoms with van der Waals surface area (Å²) in [5, 5.41) is 3.17. The third-order valence-electron chi connectivity index (χ3n) is 4.73. The predicted molar refractivity (Wildman–Crippen MR) is 95.0 cm³/mol. The lowest BCUT2D eigenvalue weighted by Crippen LogP contribution is -2.56. The maximum atomic E-state index is 12.6. The number of thiazole rings is 1. The van der Waals surface area contributed by atoms with Gasteiger partial charge in [0.25, 0.3) is 0 Å². The summed E-state index contributed by atoms with van der Waals surface area (Å²) >= 11 is 3.47. The maximum absolute atomic E-state index is 12.6. The summed E-state index contributed by atoms with van der Waals surface area (Å²) in [6.45, 7) is 6.18. The van der Waals surface area contributed by atoms with Crippen LogP contribution in [0.15, 0.2) is 11.4 Å². The number of nitrogens with zero attached hydrogens (tertiary/aromatic N) is 3. The molecule has 2 aromatic heterocycles. The first kappa shape index (κ1) is 15.8. The molecule has 2 aliphatic heterocycles. The van der Waals surface area contributed by atoms with Crippen LogP contribution < -0.4 is 0 Å². The van der Waals surface area contributed by atoms with E-state index in [0.29, 0.717) is 19.6 Å². The molecule has 2 aromatic rings. The van der Waals surface area contributed by atoms with Crippen LogP contribution in [0.3, 0.4) is 0 Å². The summed E-state index contributed by atoms with van der Waals surface area (Å²) in [6.07, 6.45) is 0.915. The molecule has 0 spiro atoms. The highest BCUT2D eigenvalue weighted by Crippen LogP contribution is 2.35. The van der Waals surface area contributed by atoms with Gasteiger partial charge in [0.05, 0.1) is 21.5 Å². The Balaban J connectivity index is 1.45. The Morgan fingerprint density at radius 1 is 1.29 bits per heavy atom. The lowest BCUT2D eigenvalue weighted by molar-refractivity contribution is -0.148. The molecule has 0 aromatic carbocycles. The number of carbonyl (C=O) groups is 2. The van der Waals surface area contributed by atoms with Crippen LogP contribution in [-0.2, 0) is 22.6 Å². The summed E-state index contributed by atoms with van der Waals surface area (Å²) in [5.41, 5.74) is 2.30. The van der Waals surface area contributed by atoms with Gasteiger partial charge in [0.2, 0.25) is 11.8 Å². The van der Waals surface area contributed by atoms with Gasteiger partial charge in [0.1, 0.15) is 0 Å². The molecule has 0 unspecified atom stereocenters. The molecule has 1 fully saturated rings. The van der Waals surface area contributed by atoms with Gasteiger partial charge in [-0.1, -0.05) is 0 Å². The molecular weight excluding hydrogens is 342 g/mol. The Hall–Kier alpha value is -1.73. The van der Waals surface area contributed by atoms with Gasteiger partial charge in [-0.15, -0.1) is 22.7 Å². The number of aromatic nitrogens is 1.